The smallest absolute Gasteiger partial charge is 0.352 e. The lowest BCUT2D eigenvalue weighted by atomic mass is 10.1. The molecule has 0 bridgehead atoms. The van der Waals surface area contributed by atoms with Crippen LogP contribution in [0.1, 0.15) is 21.9 Å². The van der Waals surface area contributed by atoms with E-state index in [1.165, 1.54) is 6.07 Å². The van der Waals surface area contributed by atoms with Crippen LogP contribution in [0.3, 0.4) is 0 Å². The van der Waals surface area contributed by atoms with E-state index in [9.17, 15) is 4.79 Å². The number of carboxylic acids is 1. The fourth-order valence-electron chi connectivity index (χ4n) is 2.03. The first-order valence-electron chi connectivity index (χ1n) is 6.41. The highest BCUT2D eigenvalue weighted by molar-refractivity contribution is 5.85. The van der Waals surface area contributed by atoms with Crippen molar-refractivity contribution < 1.29 is 14.4 Å². The van der Waals surface area contributed by atoms with Gasteiger partial charge in [0, 0.05) is 11.8 Å². The highest BCUT2D eigenvalue weighted by atomic mass is 16.5. The van der Waals surface area contributed by atoms with E-state index in [4.69, 9.17) is 9.63 Å². The first kappa shape index (κ1) is 13.1. The molecule has 0 saturated heterocycles. The van der Waals surface area contributed by atoms with E-state index >= 15 is 0 Å². The van der Waals surface area contributed by atoms with Crippen LogP contribution < -0.4 is 0 Å². The summed E-state index contributed by atoms with van der Waals surface area (Å²) in [5.41, 5.74) is 2.20. The van der Waals surface area contributed by atoms with Crippen LogP contribution in [-0.4, -0.2) is 25.8 Å². The third-order valence-electron chi connectivity index (χ3n) is 3.13. The van der Waals surface area contributed by atoms with Crippen molar-refractivity contribution in [2.24, 2.45) is 0 Å². The monoisotopic (exact) mass is 283 g/mol. The van der Waals surface area contributed by atoms with Crippen molar-refractivity contribution in [3.05, 3.63) is 59.7 Å². The second-order valence-electron chi connectivity index (χ2n) is 4.70. The molecule has 3 aromatic rings. The van der Waals surface area contributed by atoms with Gasteiger partial charge in [-0.15, -0.1) is 0 Å². The highest BCUT2D eigenvalue weighted by Gasteiger charge is 2.13. The van der Waals surface area contributed by atoms with Gasteiger partial charge in [-0.2, -0.15) is 4.98 Å². The average molecular weight is 283 g/mol. The molecule has 6 nitrogen and oxygen atoms in total. The maximum absolute atomic E-state index is 11.0. The van der Waals surface area contributed by atoms with Crippen LogP contribution in [0.4, 0.5) is 0 Å². The molecule has 2 heterocycles. The third-order valence-corrected chi connectivity index (χ3v) is 3.13. The van der Waals surface area contributed by atoms with Gasteiger partial charge in [-0.3, -0.25) is 0 Å². The van der Waals surface area contributed by atoms with E-state index in [-0.39, 0.29) is 12.2 Å². The molecule has 2 aromatic heterocycles. The minimum Gasteiger partial charge on any atom is -0.477 e. The first-order valence-corrected chi connectivity index (χ1v) is 6.41. The third kappa shape index (κ3) is 2.69. The molecule has 106 valence electrons. The Morgan fingerprint density at radius 3 is 2.76 bits per heavy atom. The van der Waals surface area contributed by atoms with Gasteiger partial charge in [0.1, 0.15) is 12.2 Å². The Labute approximate surface area is 120 Å². The number of nitrogens with zero attached hydrogens (tertiary/aromatic N) is 3. The van der Waals surface area contributed by atoms with Crippen LogP contribution in [0, 0.1) is 6.92 Å². The van der Waals surface area contributed by atoms with Crippen molar-refractivity contribution in [2.75, 3.05) is 0 Å². The summed E-state index contributed by atoms with van der Waals surface area (Å²) in [5, 5.41) is 13.0. The molecule has 1 N–H and O–H groups in total. The molecule has 0 aliphatic heterocycles. The summed E-state index contributed by atoms with van der Waals surface area (Å²) in [5.74, 6) is -0.128. The Morgan fingerprint density at radius 2 is 2.05 bits per heavy atom. The fraction of sp³-hybridized carbons (Fsp3) is 0.133. The fourth-order valence-corrected chi connectivity index (χ4v) is 2.03. The number of rotatable bonds is 4. The molecule has 0 aliphatic carbocycles. The summed E-state index contributed by atoms with van der Waals surface area (Å²) in [6.07, 6.45) is 1.67. The zero-order valence-corrected chi connectivity index (χ0v) is 11.4. The number of aromatic nitrogens is 3. The normalized spacial score (nSPS) is 10.7. The van der Waals surface area contributed by atoms with Gasteiger partial charge >= 0.3 is 5.97 Å². The molecule has 6 heteroatoms. The van der Waals surface area contributed by atoms with Gasteiger partial charge in [0.2, 0.25) is 11.7 Å². The number of carbonyl (C=O) groups is 1. The second kappa shape index (κ2) is 5.24. The van der Waals surface area contributed by atoms with Crippen LogP contribution in [0.2, 0.25) is 0 Å². The Morgan fingerprint density at radius 1 is 1.29 bits per heavy atom. The van der Waals surface area contributed by atoms with Gasteiger partial charge < -0.3 is 14.2 Å². The average Bonchev–Trinajstić information content (AvgIpc) is 3.09. The molecule has 0 atom stereocenters. The molecule has 1 aromatic carbocycles. The van der Waals surface area contributed by atoms with Crippen molar-refractivity contribution in [3.63, 3.8) is 0 Å². The van der Waals surface area contributed by atoms with E-state index in [0.29, 0.717) is 11.7 Å². The highest BCUT2D eigenvalue weighted by Crippen LogP contribution is 2.17. The molecule has 0 fully saturated rings. The topological polar surface area (TPSA) is 81.2 Å². The maximum Gasteiger partial charge on any atom is 0.352 e. The largest absolute Gasteiger partial charge is 0.477 e. The molecule has 0 spiro atoms. The standard InChI is InChI=1S/C15H13N3O3/c1-10-4-6-11(7-5-10)14-16-13(21-17-14)9-18-8-2-3-12(18)15(19)20/h2-8H,9H2,1H3,(H,19,20). The van der Waals surface area contributed by atoms with E-state index in [2.05, 4.69) is 10.1 Å². The van der Waals surface area contributed by atoms with Crippen molar-refractivity contribution in [1.82, 2.24) is 14.7 Å². The Balaban J connectivity index is 1.83. The zero-order chi connectivity index (χ0) is 14.8. The summed E-state index contributed by atoms with van der Waals surface area (Å²) in [6.45, 7) is 2.23. The molecule has 0 radical (unpaired) electrons. The summed E-state index contributed by atoms with van der Waals surface area (Å²) in [4.78, 5) is 15.3. The van der Waals surface area contributed by atoms with Crippen LogP contribution in [0.5, 0.6) is 0 Å². The Kier molecular flexibility index (Phi) is 3.27. The SMILES string of the molecule is Cc1ccc(-c2noc(Cn3cccc3C(=O)O)n2)cc1. The molecule has 0 amide bonds. The minimum atomic E-state index is -0.988. The van der Waals surface area contributed by atoms with Gasteiger partial charge in [0.05, 0.1) is 0 Å². The van der Waals surface area contributed by atoms with E-state index in [1.54, 1.807) is 16.8 Å². The van der Waals surface area contributed by atoms with Crippen LogP contribution in [0.25, 0.3) is 11.4 Å². The number of aromatic carboxylic acids is 1. The van der Waals surface area contributed by atoms with Gasteiger partial charge in [0.25, 0.3) is 0 Å². The lowest BCUT2D eigenvalue weighted by Crippen LogP contribution is -2.08. The Hall–Kier alpha value is -2.89. The molecular formula is C15H13N3O3. The van der Waals surface area contributed by atoms with E-state index < -0.39 is 5.97 Å². The zero-order valence-electron chi connectivity index (χ0n) is 11.4. The lowest BCUT2D eigenvalue weighted by molar-refractivity contribution is 0.0685. The molecule has 3 rings (SSSR count). The minimum absolute atomic E-state index is 0.185. The molecular weight excluding hydrogens is 270 g/mol. The predicted octanol–water partition coefficient (Wildman–Crippen LogP) is 2.59. The van der Waals surface area contributed by atoms with Crippen LogP contribution in [-0.2, 0) is 6.54 Å². The summed E-state index contributed by atoms with van der Waals surface area (Å²) in [7, 11) is 0. The quantitative estimate of drug-likeness (QED) is 0.796. The molecule has 0 saturated carbocycles. The first-order chi connectivity index (χ1) is 10.1. The van der Waals surface area contributed by atoms with Crippen LogP contribution >= 0.6 is 0 Å². The second-order valence-corrected chi connectivity index (χ2v) is 4.70. The van der Waals surface area contributed by atoms with E-state index in [0.717, 1.165) is 11.1 Å². The van der Waals surface area contributed by atoms with Gasteiger partial charge in [-0.1, -0.05) is 35.0 Å². The van der Waals surface area contributed by atoms with Crippen molar-refractivity contribution in [3.8, 4) is 11.4 Å². The van der Waals surface area contributed by atoms with Gasteiger partial charge in [0.15, 0.2) is 0 Å². The summed E-state index contributed by atoms with van der Waals surface area (Å²) < 4.78 is 6.73. The number of carboxylic acid groups (broad SMARTS) is 1. The van der Waals surface area contributed by atoms with Gasteiger partial charge in [-0.05, 0) is 19.1 Å². The number of hydrogen-bond acceptors (Lipinski definition) is 4. The van der Waals surface area contributed by atoms with Crippen molar-refractivity contribution >= 4 is 5.97 Å². The lowest BCUT2D eigenvalue weighted by Gasteiger charge is -2.01. The van der Waals surface area contributed by atoms with Crippen molar-refractivity contribution in [1.29, 1.82) is 0 Å². The maximum atomic E-state index is 11.0. The molecule has 0 unspecified atom stereocenters. The number of aryl methyl sites for hydroxylation is 1. The number of hydrogen-bond donors (Lipinski definition) is 1. The predicted molar refractivity (Wildman–Crippen MR) is 75.0 cm³/mol. The number of benzene rings is 1. The summed E-state index contributed by atoms with van der Waals surface area (Å²) in [6, 6.07) is 11.0. The Bertz CT molecular complexity index is 772. The molecule has 21 heavy (non-hydrogen) atoms. The van der Waals surface area contributed by atoms with Crippen LogP contribution in [0.15, 0.2) is 47.1 Å². The van der Waals surface area contributed by atoms with Gasteiger partial charge in [-0.25, -0.2) is 4.79 Å². The summed E-state index contributed by atoms with van der Waals surface area (Å²) >= 11 is 0. The molecule has 0 aliphatic rings. The van der Waals surface area contributed by atoms with Crippen molar-refractivity contribution in [2.45, 2.75) is 13.5 Å². The van der Waals surface area contributed by atoms with E-state index in [1.807, 2.05) is 31.2 Å².